The van der Waals surface area contributed by atoms with Gasteiger partial charge in [0.2, 0.25) is 5.28 Å². The molecule has 0 bridgehead atoms. The summed E-state index contributed by atoms with van der Waals surface area (Å²) in [6.45, 7) is 2.13. The molecular weight excluding hydrogens is 369 g/mol. The maximum atomic E-state index is 13.2. The molecule has 0 unspecified atom stereocenters. The van der Waals surface area contributed by atoms with Gasteiger partial charge in [-0.2, -0.15) is 4.98 Å². The van der Waals surface area contributed by atoms with Crippen LogP contribution in [0.15, 0.2) is 53.9 Å². The van der Waals surface area contributed by atoms with Crippen LogP contribution in [0.5, 0.6) is 0 Å². The van der Waals surface area contributed by atoms with Gasteiger partial charge in [-0.05, 0) is 53.4 Å². The second-order valence-electron chi connectivity index (χ2n) is 5.85. The van der Waals surface area contributed by atoms with E-state index in [9.17, 15) is 4.39 Å². The number of halogens is 2. The molecule has 0 saturated heterocycles. The Kier molecular flexibility index (Phi) is 4.57. The number of anilines is 2. The molecule has 2 heterocycles. The van der Waals surface area contributed by atoms with Crippen LogP contribution in [-0.4, -0.2) is 9.97 Å². The Hall–Kier alpha value is -2.50. The number of aryl methyl sites for hydroxylation is 1. The van der Waals surface area contributed by atoms with Crippen LogP contribution < -0.4 is 5.32 Å². The molecule has 4 rings (SSSR count). The van der Waals surface area contributed by atoms with Gasteiger partial charge in [0.05, 0.1) is 5.39 Å². The van der Waals surface area contributed by atoms with Crippen molar-refractivity contribution in [1.82, 2.24) is 9.97 Å². The zero-order valence-electron chi connectivity index (χ0n) is 14.0. The fourth-order valence-electron chi connectivity index (χ4n) is 2.81. The number of fused-ring (bicyclic) bond motifs is 1. The Balaban J connectivity index is 1.83. The number of thiophene rings is 1. The zero-order chi connectivity index (χ0) is 18.1. The molecule has 0 saturated carbocycles. The summed E-state index contributed by atoms with van der Waals surface area (Å²) >= 11 is 7.62. The third kappa shape index (κ3) is 3.28. The highest BCUT2D eigenvalue weighted by Gasteiger charge is 2.15. The maximum Gasteiger partial charge on any atom is 0.225 e. The van der Waals surface area contributed by atoms with Gasteiger partial charge >= 0.3 is 0 Å². The molecule has 0 spiro atoms. The SMILES string of the molecule is CCc1ccc(-c2csc3nc(Cl)nc(Nc4ccc(F)cc4)c23)cc1. The Bertz CT molecular complexity index is 1060. The van der Waals surface area contributed by atoms with Crippen molar-refractivity contribution >= 4 is 44.7 Å². The molecule has 3 nitrogen and oxygen atoms in total. The highest BCUT2D eigenvalue weighted by Crippen LogP contribution is 2.38. The van der Waals surface area contributed by atoms with Crippen molar-refractivity contribution in [3.8, 4) is 11.1 Å². The van der Waals surface area contributed by atoms with Crippen molar-refractivity contribution in [2.24, 2.45) is 0 Å². The third-order valence-electron chi connectivity index (χ3n) is 4.19. The van der Waals surface area contributed by atoms with Gasteiger partial charge < -0.3 is 5.32 Å². The minimum Gasteiger partial charge on any atom is -0.340 e. The van der Waals surface area contributed by atoms with Crippen LogP contribution in [0.25, 0.3) is 21.3 Å². The average molecular weight is 384 g/mol. The predicted octanol–water partition coefficient (Wildman–Crippen LogP) is 6.46. The lowest BCUT2D eigenvalue weighted by Crippen LogP contribution is -1.97. The van der Waals surface area contributed by atoms with Gasteiger partial charge in [-0.3, -0.25) is 0 Å². The van der Waals surface area contributed by atoms with E-state index < -0.39 is 0 Å². The lowest BCUT2D eigenvalue weighted by atomic mass is 10.0. The van der Waals surface area contributed by atoms with E-state index in [1.165, 1.54) is 29.0 Å². The van der Waals surface area contributed by atoms with Crippen molar-refractivity contribution in [3.05, 3.63) is 70.6 Å². The van der Waals surface area contributed by atoms with Crippen LogP contribution in [0, 0.1) is 5.82 Å². The normalized spacial score (nSPS) is 11.0. The fraction of sp³-hybridized carbons (Fsp3) is 0.100. The monoisotopic (exact) mass is 383 g/mol. The van der Waals surface area contributed by atoms with E-state index in [1.807, 2.05) is 0 Å². The molecular formula is C20H15ClFN3S. The second-order valence-corrected chi connectivity index (χ2v) is 7.05. The van der Waals surface area contributed by atoms with E-state index in [4.69, 9.17) is 11.6 Å². The quantitative estimate of drug-likeness (QED) is 0.411. The number of nitrogens with one attached hydrogen (secondary N) is 1. The van der Waals surface area contributed by atoms with E-state index >= 15 is 0 Å². The van der Waals surface area contributed by atoms with Crippen LogP contribution in [0.1, 0.15) is 12.5 Å². The first kappa shape index (κ1) is 16.9. The van der Waals surface area contributed by atoms with E-state index in [-0.39, 0.29) is 11.1 Å². The lowest BCUT2D eigenvalue weighted by Gasteiger charge is -2.09. The molecule has 0 aliphatic heterocycles. The minimum atomic E-state index is -0.284. The summed E-state index contributed by atoms with van der Waals surface area (Å²) in [4.78, 5) is 9.52. The summed E-state index contributed by atoms with van der Waals surface area (Å²) in [5.41, 5.74) is 4.17. The summed E-state index contributed by atoms with van der Waals surface area (Å²) in [7, 11) is 0. The summed E-state index contributed by atoms with van der Waals surface area (Å²) in [6, 6.07) is 14.6. The lowest BCUT2D eigenvalue weighted by molar-refractivity contribution is 0.628. The Labute approximate surface area is 159 Å². The summed E-state index contributed by atoms with van der Waals surface area (Å²) in [5.74, 6) is 0.330. The van der Waals surface area contributed by atoms with Crippen LogP contribution in [-0.2, 0) is 6.42 Å². The fourth-order valence-corrected chi connectivity index (χ4v) is 3.97. The maximum absolute atomic E-state index is 13.2. The molecule has 0 fully saturated rings. The molecule has 0 aliphatic rings. The summed E-state index contributed by atoms with van der Waals surface area (Å²) < 4.78 is 13.2. The van der Waals surface area contributed by atoms with Crippen molar-refractivity contribution in [2.75, 3.05) is 5.32 Å². The Morgan fingerprint density at radius 1 is 1.04 bits per heavy atom. The topological polar surface area (TPSA) is 37.8 Å². The van der Waals surface area contributed by atoms with Crippen LogP contribution in [0.2, 0.25) is 5.28 Å². The summed E-state index contributed by atoms with van der Waals surface area (Å²) in [5, 5.41) is 6.39. The minimum absolute atomic E-state index is 0.178. The standard InChI is InChI=1S/C20H15ClFN3S/c1-2-12-3-5-13(6-4-12)16-11-26-19-17(16)18(24-20(21)25-19)23-15-9-7-14(22)8-10-15/h3-11H,2H2,1H3,(H,23,24,25). The van der Waals surface area contributed by atoms with Gasteiger partial charge in [0.15, 0.2) is 0 Å². The molecule has 130 valence electrons. The van der Waals surface area contributed by atoms with E-state index in [1.54, 1.807) is 12.1 Å². The van der Waals surface area contributed by atoms with E-state index in [0.717, 1.165) is 33.5 Å². The van der Waals surface area contributed by atoms with Crippen molar-refractivity contribution in [2.45, 2.75) is 13.3 Å². The van der Waals surface area contributed by atoms with Gasteiger partial charge in [-0.1, -0.05) is 31.2 Å². The number of nitrogens with zero attached hydrogens (tertiary/aromatic N) is 2. The first-order valence-electron chi connectivity index (χ1n) is 8.20. The first-order chi connectivity index (χ1) is 12.6. The molecule has 0 aliphatic carbocycles. The van der Waals surface area contributed by atoms with Crippen molar-refractivity contribution < 1.29 is 4.39 Å². The zero-order valence-corrected chi connectivity index (χ0v) is 15.5. The van der Waals surface area contributed by atoms with Gasteiger partial charge in [0, 0.05) is 16.6 Å². The largest absolute Gasteiger partial charge is 0.340 e. The highest BCUT2D eigenvalue weighted by molar-refractivity contribution is 7.17. The number of aromatic nitrogens is 2. The number of hydrogen-bond donors (Lipinski definition) is 1. The van der Waals surface area contributed by atoms with Gasteiger partial charge in [-0.25, -0.2) is 9.37 Å². The van der Waals surface area contributed by atoms with Gasteiger partial charge in [0.1, 0.15) is 16.5 Å². The number of benzene rings is 2. The first-order valence-corrected chi connectivity index (χ1v) is 9.46. The number of hydrogen-bond acceptors (Lipinski definition) is 4. The van der Waals surface area contributed by atoms with Gasteiger partial charge in [0.25, 0.3) is 0 Å². The van der Waals surface area contributed by atoms with E-state index in [2.05, 4.69) is 51.9 Å². The molecule has 1 N–H and O–H groups in total. The molecule has 2 aromatic carbocycles. The molecule has 0 atom stereocenters. The molecule has 26 heavy (non-hydrogen) atoms. The molecule has 4 aromatic rings. The molecule has 0 amide bonds. The van der Waals surface area contributed by atoms with Crippen LogP contribution >= 0.6 is 22.9 Å². The molecule has 2 aromatic heterocycles. The Morgan fingerprint density at radius 2 is 1.77 bits per heavy atom. The molecule has 0 radical (unpaired) electrons. The van der Waals surface area contributed by atoms with Crippen LogP contribution in [0.3, 0.4) is 0 Å². The highest BCUT2D eigenvalue weighted by atomic mass is 35.5. The van der Waals surface area contributed by atoms with E-state index in [0.29, 0.717) is 5.82 Å². The van der Waals surface area contributed by atoms with Crippen LogP contribution in [0.4, 0.5) is 15.9 Å². The average Bonchev–Trinajstić information content (AvgIpc) is 3.07. The van der Waals surface area contributed by atoms with Crippen molar-refractivity contribution in [3.63, 3.8) is 0 Å². The third-order valence-corrected chi connectivity index (χ3v) is 5.23. The van der Waals surface area contributed by atoms with Crippen molar-refractivity contribution in [1.29, 1.82) is 0 Å². The predicted molar refractivity (Wildman–Crippen MR) is 107 cm³/mol. The Morgan fingerprint density at radius 3 is 2.46 bits per heavy atom. The van der Waals surface area contributed by atoms with Gasteiger partial charge in [-0.15, -0.1) is 11.3 Å². The second kappa shape index (κ2) is 7.02. The summed E-state index contributed by atoms with van der Waals surface area (Å²) in [6.07, 6.45) is 1.00. The molecule has 6 heteroatoms. The smallest absolute Gasteiger partial charge is 0.225 e. The number of rotatable bonds is 4.